The Morgan fingerprint density at radius 1 is 1.08 bits per heavy atom. The molecule has 2 aromatic rings. The third-order valence-electron chi connectivity index (χ3n) is 5.10. The standard InChI is InChI=1S/C18H23N3O3S/c1-14-11-17(19-24-14)13-20-7-9-21(10-8-20)25(22,23)18-6-5-15-3-2-4-16(15)12-18/h5-6,11-12H,2-4,7-10,13H2,1H3. The van der Waals surface area contributed by atoms with E-state index in [1.54, 1.807) is 10.4 Å². The highest BCUT2D eigenvalue weighted by Crippen LogP contribution is 2.26. The highest BCUT2D eigenvalue weighted by molar-refractivity contribution is 7.89. The zero-order valence-electron chi connectivity index (χ0n) is 14.4. The zero-order valence-corrected chi connectivity index (χ0v) is 15.3. The maximum atomic E-state index is 12.9. The summed E-state index contributed by atoms with van der Waals surface area (Å²) in [6, 6.07) is 7.55. The van der Waals surface area contributed by atoms with E-state index in [1.807, 2.05) is 25.1 Å². The molecular formula is C18H23N3O3S. The minimum absolute atomic E-state index is 0.439. The molecular weight excluding hydrogens is 338 g/mol. The molecule has 0 saturated carbocycles. The number of sulfonamides is 1. The van der Waals surface area contributed by atoms with E-state index in [1.165, 1.54) is 11.1 Å². The van der Waals surface area contributed by atoms with Gasteiger partial charge in [-0.15, -0.1) is 0 Å². The Morgan fingerprint density at radius 2 is 1.84 bits per heavy atom. The quantitative estimate of drug-likeness (QED) is 0.833. The number of piperazine rings is 1. The number of aryl methyl sites for hydroxylation is 3. The van der Waals surface area contributed by atoms with Crippen LogP contribution in [-0.2, 0) is 29.4 Å². The van der Waals surface area contributed by atoms with E-state index in [4.69, 9.17) is 4.52 Å². The number of hydrogen-bond donors (Lipinski definition) is 0. The fourth-order valence-corrected chi connectivity index (χ4v) is 5.18. The van der Waals surface area contributed by atoms with Crippen LogP contribution in [0.2, 0.25) is 0 Å². The summed E-state index contributed by atoms with van der Waals surface area (Å²) in [4.78, 5) is 2.65. The lowest BCUT2D eigenvalue weighted by Crippen LogP contribution is -2.48. The first-order chi connectivity index (χ1) is 12.0. The summed E-state index contributed by atoms with van der Waals surface area (Å²) >= 11 is 0. The molecule has 0 amide bonds. The van der Waals surface area contributed by atoms with E-state index in [-0.39, 0.29) is 0 Å². The van der Waals surface area contributed by atoms with Crippen molar-refractivity contribution >= 4 is 10.0 Å². The fourth-order valence-electron chi connectivity index (χ4n) is 3.71. The van der Waals surface area contributed by atoms with E-state index in [0.29, 0.717) is 37.6 Å². The molecule has 0 N–H and O–H groups in total. The highest BCUT2D eigenvalue weighted by atomic mass is 32.2. The van der Waals surface area contributed by atoms with Crippen LogP contribution in [0.25, 0.3) is 0 Å². The van der Waals surface area contributed by atoms with Gasteiger partial charge in [-0.3, -0.25) is 4.90 Å². The summed E-state index contributed by atoms with van der Waals surface area (Å²) in [7, 11) is -3.40. The lowest BCUT2D eigenvalue weighted by Gasteiger charge is -2.33. The number of fused-ring (bicyclic) bond motifs is 1. The minimum Gasteiger partial charge on any atom is -0.361 e. The first-order valence-electron chi connectivity index (χ1n) is 8.79. The summed E-state index contributed by atoms with van der Waals surface area (Å²) in [5, 5.41) is 4.01. The van der Waals surface area contributed by atoms with Gasteiger partial charge in [-0.05, 0) is 49.4 Å². The Morgan fingerprint density at radius 3 is 2.56 bits per heavy atom. The van der Waals surface area contributed by atoms with E-state index < -0.39 is 10.0 Å². The van der Waals surface area contributed by atoms with Crippen molar-refractivity contribution in [2.24, 2.45) is 0 Å². The van der Waals surface area contributed by atoms with Gasteiger partial charge < -0.3 is 4.52 Å². The Kier molecular flexibility index (Phi) is 4.39. The molecule has 0 bridgehead atoms. The second-order valence-electron chi connectivity index (χ2n) is 6.89. The third kappa shape index (κ3) is 3.36. The molecule has 134 valence electrons. The molecule has 1 fully saturated rings. The minimum atomic E-state index is -3.40. The van der Waals surface area contributed by atoms with Crippen LogP contribution in [0.15, 0.2) is 33.7 Å². The normalized spacial score (nSPS) is 19.2. The predicted molar refractivity (Wildman–Crippen MR) is 93.7 cm³/mol. The van der Waals surface area contributed by atoms with Gasteiger partial charge in [0.1, 0.15) is 5.76 Å². The van der Waals surface area contributed by atoms with Crippen molar-refractivity contribution in [1.29, 1.82) is 0 Å². The summed E-state index contributed by atoms with van der Waals surface area (Å²) in [5.74, 6) is 0.799. The molecule has 1 aromatic heterocycles. The first-order valence-corrected chi connectivity index (χ1v) is 10.2. The van der Waals surface area contributed by atoms with Gasteiger partial charge in [0, 0.05) is 38.8 Å². The van der Waals surface area contributed by atoms with Crippen LogP contribution >= 0.6 is 0 Å². The second kappa shape index (κ2) is 6.55. The average Bonchev–Trinajstić information content (AvgIpc) is 3.23. The first kappa shape index (κ1) is 16.8. The number of benzene rings is 1. The molecule has 2 aliphatic rings. The predicted octanol–water partition coefficient (Wildman–Crippen LogP) is 1.98. The van der Waals surface area contributed by atoms with Gasteiger partial charge in [0.2, 0.25) is 10.0 Å². The van der Waals surface area contributed by atoms with E-state index in [2.05, 4.69) is 10.1 Å². The van der Waals surface area contributed by atoms with Crippen LogP contribution in [0, 0.1) is 6.92 Å². The van der Waals surface area contributed by atoms with E-state index >= 15 is 0 Å². The van der Waals surface area contributed by atoms with Crippen molar-refractivity contribution in [2.45, 2.75) is 37.6 Å². The molecule has 2 heterocycles. The molecule has 1 saturated heterocycles. The highest BCUT2D eigenvalue weighted by Gasteiger charge is 2.29. The lowest BCUT2D eigenvalue weighted by atomic mass is 10.1. The molecule has 6 nitrogen and oxygen atoms in total. The van der Waals surface area contributed by atoms with Crippen molar-refractivity contribution in [3.05, 3.63) is 46.8 Å². The molecule has 25 heavy (non-hydrogen) atoms. The summed E-state index contributed by atoms with van der Waals surface area (Å²) in [6.07, 6.45) is 3.18. The molecule has 1 aromatic carbocycles. The number of nitrogens with zero attached hydrogens (tertiary/aromatic N) is 3. The van der Waals surface area contributed by atoms with Crippen LogP contribution in [0.4, 0.5) is 0 Å². The van der Waals surface area contributed by atoms with E-state index in [0.717, 1.165) is 30.7 Å². The molecule has 7 heteroatoms. The van der Waals surface area contributed by atoms with Crippen molar-refractivity contribution in [3.8, 4) is 0 Å². The fraction of sp³-hybridized carbons (Fsp3) is 0.500. The summed E-state index contributed by atoms with van der Waals surface area (Å²) in [6.45, 7) is 5.00. The SMILES string of the molecule is Cc1cc(CN2CCN(S(=O)(=O)c3ccc4c(c3)CCC4)CC2)no1. The van der Waals surface area contributed by atoms with Crippen LogP contribution in [-0.4, -0.2) is 49.0 Å². The Hall–Kier alpha value is -1.70. The van der Waals surface area contributed by atoms with Crippen molar-refractivity contribution in [3.63, 3.8) is 0 Å². The molecule has 4 rings (SSSR count). The van der Waals surface area contributed by atoms with Crippen molar-refractivity contribution in [2.75, 3.05) is 26.2 Å². The van der Waals surface area contributed by atoms with Gasteiger partial charge in [-0.2, -0.15) is 4.31 Å². The van der Waals surface area contributed by atoms with Crippen LogP contribution < -0.4 is 0 Å². The van der Waals surface area contributed by atoms with Crippen LogP contribution in [0.1, 0.15) is 29.0 Å². The van der Waals surface area contributed by atoms with Crippen LogP contribution in [0.3, 0.4) is 0 Å². The van der Waals surface area contributed by atoms with Gasteiger partial charge in [-0.1, -0.05) is 11.2 Å². The smallest absolute Gasteiger partial charge is 0.243 e. The number of hydrogen-bond acceptors (Lipinski definition) is 5. The number of rotatable bonds is 4. The average molecular weight is 361 g/mol. The van der Waals surface area contributed by atoms with Gasteiger partial charge >= 0.3 is 0 Å². The Balaban J connectivity index is 1.42. The maximum absolute atomic E-state index is 12.9. The number of aromatic nitrogens is 1. The largest absolute Gasteiger partial charge is 0.361 e. The van der Waals surface area contributed by atoms with Gasteiger partial charge in [0.05, 0.1) is 10.6 Å². The Bertz CT molecular complexity index is 867. The zero-order chi connectivity index (χ0) is 17.4. The second-order valence-corrected chi connectivity index (χ2v) is 8.83. The monoisotopic (exact) mass is 361 g/mol. The third-order valence-corrected chi connectivity index (χ3v) is 7.00. The molecule has 1 aliphatic carbocycles. The topological polar surface area (TPSA) is 66.7 Å². The van der Waals surface area contributed by atoms with Gasteiger partial charge in [-0.25, -0.2) is 8.42 Å². The van der Waals surface area contributed by atoms with Crippen molar-refractivity contribution in [1.82, 2.24) is 14.4 Å². The maximum Gasteiger partial charge on any atom is 0.243 e. The molecule has 0 atom stereocenters. The molecule has 0 spiro atoms. The van der Waals surface area contributed by atoms with Gasteiger partial charge in [0.25, 0.3) is 0 Å². The molecule has 0 unspecified atom stereocenters. The summed E-state index contributed by atoms with van der Waals surface area (Å²) < 4.78 is 32.6. The van der Waals surface area contributed by atoms with E-state index in [9.17, 15) is 8.42 Å². The summed E-state index contributed by atoms with van der Waals surface area (Å²) in [5.41, 5.74) is 3.39. The molecule has 1 aliphatic heterocycles. The van der Waals surface area contributed by atoms with Crippen LogP contribution in [0.5, 0.6) is 0 Å². The Labute approximate surface area is 148 Å². The van der Waals surface area contributed by atoms with Gasteiger partial charge in [0.15, 0.2) is 0 Å². The lowest BCUT2D eigenvalue weighted by molar-refractivity contribution is 0.177. The molecule has 0 radical (unpaired) electrons. The van der Waals surface area contributed by atoms with Crippen molar-refractivity contribution < 1.29 is 12.9 Å².